The standard InChI is InChI=1S/C17H38N3O/c1-16(2,3)15(21)18(7)11-12-19(17(4,5)6)13-14-20(8,9)10/h11-14H2,1-10H3/q+1. The van der Waals surface area contributed by atoms with Crippen molar-refractivity contribution in [2.24, 2.45) is 5.41 Å². The molecule has 0 aromatic carbocycles. The first-order valence-corrected chi connectivity index (χ1v) is 7.96. The van der Waals surface area contributed by atoms with Crippen LogP contribution in [0.4, 0.5) is 0 Å². The van der Waals surface area contributed by atoms with Crippen LogP contribution < -0.4 is 0 Å². The third-order valence-corrected chi connectivity index (χ3v) is 3.68. The van der Waals surface area contributed by atoms with Gasteiger partial charge in [-0.25, -0.2) is 0 Å². The molecule has 0 aromatic rings. The molecule has 0 saturated carbocycles. The number of carbonyl (C=O) groups is 1. The molecule has 0 unspecified atom stereocenters. The molecule has 1 amide bonds. The van der Waals surface area contributed by atoms with Crippen molar-refractivity contribution >= 4 is 5.91 Å². The molecule has 0 bridgehead atoms. The Morgan fingerprint density at radius 3 is 1.71 bits per heavy atom. The van der Waals surface area contributed by atoms with Gasteiger partial charge in [0.25, 0.3) is 0 Å². The molecule has 0 aliphatic carbocycles. The molecule has 0 radical (unpaired) electrons. The number of quaternary nitrogens is 1. The zero-order chi connectivity index (χ0) is 17.1. The second-order valence-electron chi connectivity index (χ2n) is 9.15. The molecule has 0 saturated heterocycles. The minimum absolute atomic E-state index is 0.126. The van der Waals surface area contributed by atoms with Crippen molar-refractivity contribution in [1.82, 2.24) is 9.80 Å². The molecule has 126 valence electrons. The molecule has 0 aliphatic rings. The average molecular weight is 301 g/mol. The number of carbonyl (C=O) groups excluding carboxylic acids is 1. The highest BCUT2D eigenvalue weighted by Gasteiger charge is 2.27. The summed E-state index contributed by atoms with van der Waals surface area (Å²) in [5.74, 6) is 0.211. The first-order valence-electron chi connectivity index (χ1n) is 7.96. The molecular formula is C17H38N3O+. The minimum Gasteiger partial charge on any atom is -0.344 e. The van der Waals surface area contributed by atoms with E-state index in [9.17, 15) is 4.79 Å². The monoisotopic (exact) mass is 300 g/mol. The van der Waals surface area contributed by atoms with E-state index in [0.717, 1.165) is 30.7 Å². The predicted molar refractivity (Wildman–Crippen MR) is 91.3 cm³/mol. The molecule has 4 heteroatoms. The van der Waals surface area contributed by atoms with Crippen molar-refractivity contribution in [1.29, 1.82) is 0 Å². The summed E-state index contributed by atoms with van der Waals surface area (Å²) in [7, 11) is 8.57. The van der Waals surface area contributed by atoms with Crippen LogP contribution in [0.25, 0.3) is 0 Å². The lowest BCUT2D eigenvalue weighted by molar-refractivity contribution is -0.869. The Bertz CT molecular complexity index is 331. The first-order chi connectivity index (χ1) is 9.14. The van der Waals surface area contributed by atoms with Gasteiger partial charge in [0.15, 0.2) is 0 Å². The van der Waals surface area contributed by atoms with Crippen LogP contribution in [-0.4, -0.2) is 80.1 Å². The molecule has 4 nitrogen and oxygen atoms in total. The fourth-order valence-corrected chi connectivity index (χ4v) is 2.15. The molecule has 0 heterocycles. The van der Waals surface area contributed by atoms with Crippen LogP contribution in [0.1, 0.15) is 41.5 Å². The van der Waals surface area contributed by atoms with E-state index < -0.39 is 0 Å². The van der Waals surface area contributed by atoms with E-state index in [-0.39, 0.29) is 16.9 Å². The Morgan fingerprint density at radius 1 is 0.905 bits per heavy atom. The highest BCUT2D eigenvalue weighted by molar-refractivity contribution is 5.81. The molecule has 0 N–H and O–H groups in total. The van der Waals surface area contributed by atoms with E-state index in [1.165, 1.54) is 0 Å². The number of likely N-dealkylation sites (N-methyl/N-ethyl adjacent to an activating group) is 2. The second-order valence-corrected chi connectivity index (χ2v) is 9.15. The van der Waals surface area contributed by atoms with Crippen LogP contribution in [0.15, 0.2) is 0 Å². The van der Waals surface area contributed by atoms with Crippen LogP contribution in [0.3, 0.4) is 0 Å². The van der Waals surface area contributed by atoms with Crippen molar-refractivity contribution in [2.75, 3.05) is 54.4 Å². The summed E-state index contributed by atoms with van der Waals surface area (Å²) in [6, 6.07) is 0. The van der Waals surface area contributed by atoms with Crippen molar-refractivity contribution in [3.8, 4) is 0 Å². The Kier molecular flexibility index (Phi) is 6.89. The van der Waals surface area contributed by atoms with Gasteiger partial charge in [-0.3, -0.25) is 9.69 Å². The number of hydrogen-bond donors (Lipinski definition) is 0. The van der Waals surface area contributed by atoms with Gasteiger partial charge >= 0.3 is 0 Å². The molecular weight excluding hydrogens is 262 g/mol. The van der Waals surface area contributed by atoms with Gasteiger partial charge in [-0.1, -0.05) is 20.8 Å². The van der Waals surface area contributed by atoms with Crippen molar-refractivity contribution < 1.29 is 9.28 Å². The fourth-order valence-electron chi connectivity index (χ4n) is 2.15. The maximum absolute atomic E-state index is 12.2. The molecule has 0 rings (SSSR count). The van der Waals surface area contributed by atoms with Crippen LogP contribution >= 0.6 is 0 Å². The Balaban J connectivity index is 4.61. The smallest absolute Gasteiger partial charge is 0.227 e. The largest absolute Gasteiger partial charge is 0.344 e. The van der Waals surface area contributed by atoms with Crippen LogP contribution in [-0.2, 0) is 4.79 Å². The average Bonchev–Trinajstić information content (AvgIpc) is 2.22. The van der Waals surface area contributed by atoms with Gasteiger partial charge in [0, 0.05) is 37.6 Å². The first kappa shape index (κ1) is 20.4. The molecule has 0 aromatic heterocycles. The molecule has 0 atom stereocenters. The zero-order valence-corrected chi connectivity index (χ0v) is 16.1. The Hall–Kier alpha value is -0.610. The third-order valence-electron chi connectivity index (χ3n) is 3.68. The van der Waals surface area contributed by atoms with E-state index in [1.807, 2.05) is 32.7 Å². The molecule has 0 fully saturated rings. The molecule has 0 spiro atoms. The highest BCUT2D eigenvalue weighted by Crippen LogP contribution is 2.17. The quantitative estimate of drug-likeness (QED) is 0.703. The van der Waals surface area contributed by atoms with Gasteiger partial charge in [-0.2, -0.15) is 0 Å². The summed E-state index contributed by atoms with van der Waals surface area (Å²) in [6.45, 7) is 16.5. The zero-order valence-electron chi connectivity index (χ0n) is 16.1. The van der Waals surface area contributed by atoms with Gasteiger partial charge in [-0.05, 0) is 20.8 Å². The summed E-state index contributed by atoms with van der Waals surface area (Å²) in [5.41, 5.74) is -0.176. The number of nitrogens with zero attached hydrogens (tertiary/aromatic N) is 3. The lowest BCUT2D eigenvalue weighted by atomic mass is 9.95. The van der Waals surface area contributed by atoms with Gasteiger partial charge in [0.05, 0.1) is 27.7 Å². The van der Waals surface area contributed by atoms with Gasteiger partial charge in [0.2, 0.25) is 5.91 Å². The van der Waals surface area contributed by atoms with Crippen molar-refractivity contribution in [3.05, 3.63) is 0 Å². The Morgan fingerprint density at radius 2 is 1.38 bits per heavy atom. The third kappa shape index (κ3) is 8.42. The maximum atomic E-state index is 12.2. The summed E-state index contributed by atoms with van der Waals surface area (Å²) < 4.78 is 0.962. The highest BCUT2D eigenvalue weighted by atomic mass is 16.2. The maximum Gasteiger partial charge on any atom is 0.227 e. The number of amides is 1. The van der Waals surface area contributed by atoms with E-state index >= 15 is 0 Å². The number of hydrogen-bond acceptors (Lipinski definition) is 2. The van der Waals surface area contributed by atoms with Gasteiger partial charge in [0.1, 0.15) is 0 Å². The summed E-state index contributed by atoms with van der Waals surface area (Å²) in [5, 5.41) is 0. The normalized spacial score (nSPS) is 13.7. The van der Waals surface area contributed by atoms with Gasteiger partial charge in [-0.15, -0.1) is 0 Å². The van der Waals surface area contributed by atoms with Crippen LogP contribution in [0, 0.1) is 5.41 Å². The lowest BCUT2D eigenvalue weighted by Gasteiger charge is -2.39. The second kappa shape index (κ2) is 7.10. The summed E-state index contributed by atoms with van der Waals surface area (Å²) >= 11 is 0. The Labute approximate surface area is 132 Å². The van der Waals surface area contributed by atoms with Crippen LogP contribution in [0.2, 0.25) is 0 Å². The minimum atomic E-state index is -0.302. The fraction of sp³-hybridized carbons (Fsp3) is 0.941. The van der Waals surface area contributed by atoms with Gasteiger partial charge < -0.3 is 9.38 Å². The van der Waals surface area contributed by atoms with Crippen LogP contribution in [0.5, 0.6) is 0 Å². The molecule has 21 heavy (non-hydrogen) atoms. The van der Waals surface area contributed by atoms with E-state index in [1.54, 1.807) is 0 Å². The summed E-state index contributed by atoms with van der Waals surface area (Å²) in [4.78, 5) is 16.6. The van der Waals surface area contributed by atoms with Crippen molar-refractivity contribution in [3.63, 3.8) is 0 Å². The topological polar surface area (TPSA) is 23.6 Å². The SMILES string of the molecule is CN(CCN(CC[N+](C)(C)C)C(C)(C)C)C(=O)C(C)(C)C. The van der Waals surface area contributed by atoms with Crippen molar-refractivity contribution in [2.45, 2.75) is 47.1 Å². The molecule has 0 aliphatic heterocycles. The van der Waals surface area contributed by atoms with E-state index in [0.29, 0.717) is 0 Å². The van der Waals surface area contributed by atoms with E-state index in [2.05, 4.69) is 46.8 Å². The summed E-state index contributed by atoms with van der Waals surface area (Å²) in [6.07, 6.45) is 0. The predicted octanol–water partition coefficient (Wildman–Crippen LogP) is 2.30. The lowest BCUT2D eigenvalue weighted by Crippen LogP contribution is -2.51. The van der Waals surface area contributed by atoms with E-state index in [4.69, 9.17) is 0 Å². The number of rotatable bonds is 6.